The minimum atomic E-state index is -0.599. The number of hydrogen-bond acceptors (Lipinski definition) is 4. The summed E-state index contributed by atoms with van der Waals surface area (Å²) in [4.78, 5) is 16.6. The van der Waals surface area contributed by atoms with E-state index in [0.717, 1.165) is 25.1 Å². The highest BCUT2D eigenvalue weighted by molar-refractivity contribution is 5.81. The molecule has 152 valence electrons. The zero-order chi connectivity index (χ0) is 19.6. The quantitative estimate of drug-likeness (QED) is 0.514. The van der Waals surface area contributed by atoms with E-state index in [4.69, 9.17) is 10.5 Å². The summed E-state index contributed by atoms with van der Waals surface area (Å²) in [6.07, 6.45) is 11.9. The Balaban J connectivity index is 1.35. The van der Waals surface area contributed by atoms with Gasteiger partial charge in [-0.15, -0.1) is 0 Å². The minimum absolute atomic E-state index is 0.151. The number of nitrogens with two attached hydrogens (primary N) is 1. The van der Waals surface area contributed by atoms with Gasteiger partial charge in [0.1, 0.15) is 0 Å². The molecule has 2 aromatic rings. The topological polar surface area (TPSA) is 82.2 Å². The van der Waals surface area contributed by atoms with Gasteiger partial charge in [-0.3, -0.25) is 4.79 Å². The van der Waals surface area contributed by atoms with E-state index in [9.17, 15) is 4.79 Å². The maximum atomic E-state index is 12.2. The lowest BCUT2D eigenvalue weighted by Crippen LogP contribution is -2.43. The predicted octanol–water partition coefficient (Wildman–Crippen LogP) is 2.66. The molecular weight excluding hydrogens is 352 g/mol. The van der Waals surface area contributed by atoms with Crippen LogP contribution in [0.5, 0.6) is 0 Å². The van der Waals surface area contributed by atoms with Crippen LogP contribution in [-0.2, 0) is 22.5 Å². The number of benzene rings is 1. The SMILES string of the molecule is N[C@@H](Cc1cn(Cc2ccccc2)cn1)C(=O)NCCOC1CCCCCC1. The Morgan fingerprint density at radius 2 is 1.96 bits per heavy atom. The smallest absolute Gasteiger partial charge is 0.237 e. The number of imidazole rings is 1. The van der Waals surface area contributed by atoms with E-state index in [1.54, 1.807) is 6.33 Å². The number of carbonyl (C=O) groups excluding carboxylic acids is 1. The van der Waals surface area contributed by atoms with E-state index in [1.807, 2.05) is 29.0 Å². The van der Waals surface area contributed by atoms with Crippen LogP contribution in [0.1, 0.15) is 49.8 Å². The van der Waals surface area contributed by atoms with Crippen molar-refractivity contribution < 1.29 is 9.53 Å². The third-order valence-electron chi connectivity index (χ3n) is 5.22. The van der Waals surface area contributed by atoms with Crippen molar-refractivity contribution in [2.45, 2.75) is 63.6 Å². The number of amides is 1. The van der Waals surface area contributed by atoms with Crippen molar-refractivity contribution >= 4 is 5.91 Å². The van der Waals surface area contributed by atoms with Crippen molar-refractivity contribution in [2.24, 2.45) is 5.73 Å². The van der Waals surface area contributed by atoms with E-state index in [-0.39, 0.29) is 5.91 Å². The van der Waals surface area contributed by atoms with Crippen molar-refractivity contribution in [3.63, 3.8) is 0 Å². The molecule has 1 saturated carbocycles. The first-order valence-electron chi connectivity index (χ1n) is 10.4. The van der Waals surface area contributed by atoms with Crippen LogP contribution >= 0.6 is 0 Å². The average molecular weight is 385 g/mol. The fourth-order valence-corrected chi connectivity index (χ4v) is 3.65. The first-order chi connectivity index (χ1) is 13.7. The van der Waals surface area contributed by atoms with Gasteiger partial charge in [-0.2, -0.15) is 0 Å². The van der Waals surface area contributed by atoms with Gasteiger partial charge < -0.3 is 20.4 Å². The molecule has 6 nitrogen and oxygen atoms in total. The summed E-state index contributed by atoms with van der Waals surface area (Å²) in [5.74, 6) is -0.151. The van der Waals surface area contributed by atoms with E-state index >= 15 is 0 Å². The van der Waals surface area contributed by atoms with E-state index in [2.05, 4.69) is 22.4 Å². The molecule has 0 radical (unpaired) electrons. The monoisotopic (exact) mass is 384 g/mol. The van der Waals surface area contributed by atoms with Gasteiger partial charge in [-0.1, -0.05) is 56.0 Å². The van der Waals surface area contributed by atoms with Gasteiger partial charge in [0.05, 0.1) is 30.8 Å². The molecule has 1 atom stereocenters. The Morgan fingerprint density at radius 1 is 1.21 bits per heavy atom. The van der Waals surface area contributed by atoms with E-state index in [0.29, 0.717) is 25.7 Å². The zero-order valence-corrected chi connectivity index (χ0v) is 16.6. The van der Waals surface area contributed by atoms with Crippen LogP contribution in [0.3, 0.4) is 0 Å². The molecule has 1 aromatic carbocycles. The number of nitrogens with one attached hydrogen (secondary N) is 1. The number of carbonyl (C=O) groups is 1. The van der Waals surface area contributed by atoms with Gasteiger partial charge >= 0.3 is 0 Å². The van der Waals surface area contributed by atoms with Gasteiger partial charge in [0.2, 0.25) is 5.91 Å². The third-order valence-corrected chi connectivity index (χ3v) is 5.22. The molecular formula is C22H32N4O2. The normalized spacial score (nSPS) is 16.5. The largest absolute Gasteiger partial charge is 0.376 e. The van der Waals surface area contributed by atoms with Gasteiger partial charge in [0.15, 0.2) is 0 Å². The average Bonchev–Trinajstić information content (AvgIpc) is 2.97. The van der Waals surface area contributed by atoms with Crippen LogP contribution < -0.4 is 11.1 Å². The summed E-state index contributed by atoms with van der Waals surface area (Å²) in [7, 11) is 0. The Morgan fingerprint density at radius 3 is 2.71 bits per heavy atom. The Bertz CT molecular complexity index is 708. The lowest BCUT2D eigenvalue weighted by molar-refractivity contribution is -0.122. The van der Waals surface area contributed by atoms with Crippen LogP contribution in [0.15, 0.2) is 42.9 Å². The van der Waals surface area contributed by atoms with Crippen molar-refractivity contribution in [1.82, 2.24) is 14.9 Å². The number of ether oxygens (including phenoxy) is 1. The second kappa shape index (κ2) is 11.0. The van der Waals surface area contributed by atoms with Crippen molar-refractivity contribution in [3.05, 3.63) is 54.1 Å². The highest BCUT2D eigenvalue weighted by Gasteiger charge is 2.16. The third kappa shape index (κ3) is 6.77. The maximum Gasteiger partial charge on any atom is 0.237 e. The molecule has 0 unspecified atom stereocenters. The predicted molar refractivity (Wildman–Crippen MR) is 110 cm³/mol. The number of aromatic nitrogens is 2. The summed E-state index contributed by atoms with van der Waals surface area (Å²) in [6.45, 7) is 1.81. The van der Waals surface area contributed by atoms with Crippen LogP contribution in [0.25, 0.3) is 0 Å². The van der Waals surface area contributed by atoms with Gasteiger partial charge in [0.25, 0.3) is 0 Å². The summed E-state index contributed by atoms with van der Waals surface area (Å²) < 4.78 is 7.91. The highest BCUT2D eigenvalue weighted by atomic mass is 16.5. The molecule has 1 fully saturated rings. The fourth-order valence-electron chi connectivity index (χ4n) is 3.65. The maximum absolute atomic E-state index is 12.2. The second-order valence-corrected chi connectivity index (χ2v) is 7.61. The van der Waals surface area contributed by atoms with Gasteiger partial charge in [0, 0.05) is 25.7 Å². The Hall–Kier alpha value is -2.18. The molecule has 28 heavy (non-hydrogen) atoms. The van der Waals surface area contributed by atoms with Crippen molar-refractivity contribution in [3.8, 4) is 0 Å². The van der Waals surface area contributed by atoms with Crippen LogP contribution in [-0.4, -0.2) is 40.8 Å². The first-order valence-corrected chi connectivity index (χ1v) is 10.4. The van der Waals surface area contributed by atoms with Crippen LogP contribution in [0, 0.1) is 0 Å². The zero-order valence-electron chi connectivity index (χ0n) is 16.6. The molecule has 1 amide bonds. The van der Waals surface area contributed by atoms with Crippen LogP contribution in [0.2, 0.25) is 0 Å². The highest BCUT2D eigenvalue weighted by Crippen LogP contribution is 2.19. The second-order valence-electron chi connectivity index (χ2n) is 7.61. The van der Waals surface area contributed by atoms with E-state index < -0.39 is 6.04 Å². The summed E-state index contributed by atoms with van der Waals surface area (Å²) in [5, 5.41) is 2.88. The number of rotatable bonds is 9. The molecule has 1 aromatic heterocycles. The molecule has 0 spiro atoms. The lowest BCUT2D eigenvalue weighted by atomic mass is 10.1. The fraction of sp³-hybridized carbons (Fsp3) is 0.545. The Labute approximate surface area is 167 Å². The molecule has 0 saturated heterocycles. The minimum Gasteiger partial charge on any atom is -0.376 e. The number of hydrogen-bond donors (Lipinski definition) is 2. The molecule has 3 rings (SSSR count). The van der Waals surface area contributed by atoms with Crippen molar-refractivity contribution in [1.29, 1.82) is 0 Å². The summed E-state index contributed by atoms with van der Waals surface area (Å²) >= 11 is 0. The first kappa shape index (κ1) is 20.6. The number of nitrogens with zero attached hydrogens (tertiary/aromatic N) is 2. The Kier molecular flexibility index (Phi) is 8.06. The van der Waals surface area contributed by atoms with Gasteiger partial charge in [-0.05, 0) is 18.4 Å². The molecule has 1 aliphatic rings. The molecule has 6 heteroatoms. The molecule has 0 bridgehead atoms. The van der Waals surface area contributed by atoms with Crippen molar-refractivity contribution in [2.75, 3.05) is 13.2 Å². The summed E-state index contributed by atoms with van der Waals surface area (Å²) in [5.41, 5.74) is 8.09. The molecule has 0 aliphatic heterocycles. The van der Waals surface area contributed by atoms with Gasteiger partial charge in [-0.25, -0.2) is 4.98 Å². The summed E-state index contributed by atoms with van der Waals surface area (Å²) in [6, 6.07) is 9.60. The lowest BCUT2D eigenvalue weighted by Gasteiger charge is -2.16. The standard InChI is InChI=1S/C22H32N4O2/c23-21(22(27)24-12-13-28-20-10-6-1-2-7-11-20)14-19-16-26(17-25-19)15-18-8-4-3-5-9-18/h3-5,8-9,16-17,20-21H,1-2,6-7,10-15,23H2,(H,24,27)/t21-/m0/s1. The molecule has 3 N–H and O–H groups in total. The molecule has 1 heterocycles. The van der Waals surface area contributed by atoms with E-state index in [1.165, 1.54) is 31.2 Å². The molecule has 1 aliphatic carbocycles. The van der Waals surface area contributed by atoms with Crippen LogP contribution in [0.4, 0.5) is 0 Å².